The smallest absolute Gasteiger partial charge is 0.251 e. The highest BCUT2D eigenvalue weighted by Crippen LogP contribution is 2.34. The van der Waals surface area contributed by atoms with Gasteiger partial charge in [-0.15, -0.1) is 0 Å². The molecule has 0 saturated heterocycles. The number of amides is 1. The molecule has 0 spiro atoms. The number of aromatic nitrogens is 4. The van der Waals surface area contributed by atoms with E-state index in [-0.39, 0.29) is 11.7 Å². The molecule has 36 heavy (non-hydrogen) atoms. The molecule has 2 aromatic carbocycles. The third kappa shape index (κ3) is 5.18. The summed E-state index contributed by atoms with van der Waals surface area (Å²) in [6.45, 7) is 2.78. The minimum Gasteiger partial charge on any atom is -0.368 e. The second kappa shape index (κ2) is 10.6. The summed E-state index contributed by atoms with van der Waals surface area (Å²) >= 11 is 6.26. The van der Waals surface area contributed by atoms with Crippen LogP contribution in [0.3, 0.4) is 0 Å². The van der Waals surface area contributed by atoms with E-state index in [1.807, 2.05) is 35.9 Å². The van der Waals surface area contributed by atoms with Gasteiger partial charge in [0, 0.05) is 29.6 Å². The van der Waals surface area contributed by atoms with E-state index in [0.717, 1.165) is 41.1 Å². The van der Waals surface area contributed by atoms with Crippen molar-refractivity contribution in [2.24, 2.45) is 0 Å². The number of benzene rings is 2. The van der Waals surface area contributed by atoms with Crippen molar-refractivity contribution >= 4 is 34.4 Å². The van der Waals surface area contributed by atoms with Gasteiger partial charge < -0.3 is 10.6 Å². The molecular weight excluding hydrogens is 479 g/mol. The Bertz CT molecular complexity index is 1380. The molecule has 0 bridgehead atoms. The normalized spacial score (nSPS) is 14.2. The quantitative estimate of drug-likeness (QED) is 0.309. The maximum atomic E-state index is 13.1. The molecule has 186 valence electrons. The zero-order valence-electron chi connectivity index (χ0n) is 20.1. The monoisotopic (exact) mass is 506 g/mol. The standard InChI is InChI=1S/C27H28ClFN6O/c1-17-23-25(30-14-15-31-27(36)19-10-12-21(29)13-11-19)32-24(18-6-3-2-4-7-18)33-26(23)35(34-17)22-9-5-8-20(28)16-22/h5,8-13,16,18H,2-4,6-7,14-15H2,1H3,(H,31,36)(H,30,32,33). The first-order chi connectivity index (χ1) is 17.5. The van der Waals surface area contributed by atoms with Gasteiger partial charge in [0.25, 0.3) is 5.91 Å². The lowest BCUT2D eigenvalue weighted by molar-refractivity contribution is 0.0955. The van der Waals surface area contributed by atoms with E-state index in [4.69, 9.17) is 26.7 Å². The van der Waals surface area contributed by atoms with E-state index in [2.05, 4.69) is 10.6 Å². The number of anilines is 1. The molecule has 9 heteroatoms. The average Bonchev–Trinajstić information content (AvgIpc) is 3.24. The number of hydrogen-bond donors (Lipinski definition) is 2. The number of carbonyl (C=O) groups is 1. The molecule has 2 N–H and O–H groups in total. The lowest BCUT2D eigenvalue weighted by atomic mass is 9.88. The predicted molar refractivity (Wildman–Crippen MR) is 139 cm³/mol. The third-order valence-electron chi connectivity index (χ3n) is 6.55. The predicted octanol–water partition coefficient (Wildman–Crippen LogP) is 5.81. The molecule has 1 amide bonds. The zero-order valence-corrected chi connectivity index (χ0v) is 20.9. The molecule has 1 aliphatic carbocycles. The summed E-state index contributed by atoms with van der Waals surface area (Å²) in [5.41, 5.74) is 2.80. The van der Waals surface area contributed by atoms with Crippen LogP contribution in [0, 0.1) is 12.7 Å². The van der Waals surface area contributed by atoms with Gasteiger partial charge in [-0.2, -0.15) is 5.10 Å². The SMILES string of the molecule is Cc1nn(-c2cccc(Cl)c2)c2nc(C3CCCCC3)nc(NCCNC(=O)c3ccc(F)cc3)c12. The van der Waals surface area contributed by atoms with Crippen LogP contribution in [0.4, 0.5) is 10.2 Å². The second-order valence-corrected chi connectivity index (χ2v) is 9.57. The van der Waals surface area contributed by atoms with Crippen LogP contribution in [0.2, 0.25) is 5.02 Å². The van der Waals surface area contributed by atoms with Gasteiger partial charge in [0.15, 0.2) is 5.65 Å². The van der Waals surface area contributed by atoms with Crippen LogP contribution in [-0.4, -0.2) is 38.7 Å². The zero-order chi connectivity index (χ0) is 25.1. The highest BCUT2D eigenvalue weighted by atomic mass is 35.5. The van der Waals surface area contributed by atoms with Crippen molar-refractivity contribution in [1.29, 1.82) is 0 Å². The molecule has 1 aliphatic rings. The lowest BCUT2D eigenvalue weighted by Crippen LogP contribution is -2.29. The van der Waals surface area contributed by atoms with Gasteiger partial charge in [0.05, 0.1) is 16.8 Å². The van der Waals surface area contributed by atoms with Gasteiger partial charge in [0.1, 0.15) is 17.5 Å². The van der Waals surface area contributed by atoms with Crippen molar-refractivity contribution in [3.63, 3.8) is 0 Å². The summed E-state index contributed by atoms with van der Waals surface area (Å²) in [6.07, 6.45) is 5.75. The van der Waals surface area contributed by atoms with E-state index >= 15 is 0 Å². The molecule has 0 radical (unpaired) electrons. The Morgan fingerprint density at radius 1 is 1.08 bits per heavy atom. The van der Waals surface area contributed by atoms with E-state index in [1.165, 1.54) is 43.5 Å². The van der Waals surface area contributed by atoms with Crippen LogP contribution < -0.4 is 10.6 Å². The van der Waals surface area contributed by atoms with E-state index in [0.29, 0.717) is 35.4 Å². The Labute approximate surface area is 214 Å². The summed E-state index contributed by atoms with van der Waals surface area (Å²) in [7, 11) is 0. The second-order valence-electron chi connectivity index (χ2n) is 9.13. The van der Waals surface area contributed by atoms with Crippen molar-refractivity contribution in [3.8, 4) is 5.69 Å². The Balaban J connectivity index is 1.42. The molecule has 1 saturated carbocycles. The molecule has 7 nitrogen and oxygen atoms in total. The molecule has 0 atom stereocenters. The van der Waals surface area contributed by atoms with Crippen LogP contribution in [0.25, 0.3) is 16.7 Å². The molecule has 4 aromatic rings. The molecule has 0 aliphatic heterocycles. The number of hydrogen-bond acceptors (Lipinski definition) is 5. The van der Waals surface area contributed by atoms with Gasteiger partial charge in [-0.25, -0.2) is 19.0 Å². The first-order valence-electron chi connectivity index (χ1n) is 12.3. The number of carbonyl (C=O) groups excluding carboxylic acids is 1. The fraction of sp³-hybridized carbons (Fsp3) is 0.333. The van der Waals surface area contributed by atoms with E-state index < -0.39 is 0 Å². The number of nitrogens with one attached hydrogen (secondary N) is 2. The van der Waals surface area contributed by atoms with E-state index in [9.17, 15) is 9.18 Å². The van der Waals surface area contributed by atoms with Crippen LogP contribution in [-0.2, 0) is 0 Å². The molecule has 2 aromatic heterocycles. The molecule has 2 heterocycles. The average molecular weight is 507 g/mol. The molecule has 5 rings (SSSR count). The Kier molecular flexibility index (Phi) is 7.13. The van der Waals surface area contributed by atoms with E-state index in [1.54, 1.807) is 0 Å². The van der Waals surface area contributed by atoms with Crippen LogP contribution in [0.1, 0.15) is 59.9 Å². The van der Waals surface area contributed by atoms with Gasteiger partial charge >= 0.3 is 0 Å². The number of nitrogens with zero attached hydrogens (tertiary/aromatic N) is 4. The Morgan fingerprint density at radius 2 is 1.86 bits per heavy atom. The van der Waals surface area contributed by atoms with Crippen molar-refractivity contribution in [2.45, 2.75) is 44.9 Å². The fourth-order valence-electron chi connectivity index (χ4n) is 4.72. The van der Waals surface area contributed by atoms with Crippen molar-refractivity contribution in [3.05, 3.63) is 76.5 Å². The topological polar surface area (TPSA) is 84.7 Å². The number of fused-ring (bicyclic) bond motifs is 1. The Morgan fingerprint density at radius 3 is 2.61 bits per heavy atom. The van der Waals surface area contributed by atoms with Gasteiger partial charge in [0.2, 0.25) is 0 Å². The Hall–Kier alpha value is -3.52. The number of aryl methyl sites for hydroxylation is 1. The molecule has 0 unspecified atom stereocenters. The first-order valence-corrected chi connectivity index (χ1v) is 12.7. The summed E-state index contributed by atoms with van der Waals surface area (Å²) in [6, 6.07) is 13.0. The highest BCUT2D eigenvalue weighted by Gasteiger charge is 2.23. The van der Waals surface area contributed by atoms with Crippen molar-refractivity contribution < 1.29 is 9.18 Å². The first kappa shape index (κ1) is 24.2. The van der Waals surface area contributed by atoms with Crippen LogP contribution >= 0.6 is 11.6 Å². The van der Waals surface area contributed by atoms with Gasteiger partial charge in [-0.3, -0.25) is 4.79 Å². The minimum absolute atomic E-state index is 0.252. The fourth-order valence-corrected chi connectivity index (χ4v) is 4.90. The third-order valence-corrected chi connectivity index (χ3v) is 6.79. The molecular formula is C27H28ClFN6O. The maximum Gasteiger partial charge on any atom is 0.251 e. The van der Waals surface area contributed by atoms with Crippen molar-refractivity contribution in [1.82, 2.24) is 25.1 Å². The number of halogens is 2. The largest absolute Gasteiger partial charge is 0.368 e. The summed E-state index contributed by atoms with van der Waals surface area (Å²) in [4.78, 5) is 22.3. The van der Waals surface area contributed by atoms with Crippen molar-refractivity contribution in [2.75, 3.05) is 18.4 Å². The summed E-state index contributed by atoms with van der Waals surface area (Å²) in [5, 5.41) is 12.5. The minimum atomic E-state index is -0.372. The van der Waals surface area contributed by atoms with Crippen LogP contribution in [0.5, 0.6) is 0 Å². The van der Waals surface area contributed by atoms with Gasteiger partial charge in [-0.1, -0.05) is 36.9 Å². The summed E-state index contributed by atoms with van der Waals surface area (Å²) in [5.74, 6) is 1.22. The van der Waals surface area contributed by atoms with Gasteiger partial charge in [-0.05, 0) is 62.2 Å². The highest BCUT2D eigenvalue weighted by molar-refractivity contribution is 6.30. The maximum absolute atomic E-state index is 13.1. The number of rotatable bonds is 7. The summed E-state index contributed by atoms with van der Waals surface area (Å²) < 4.78 is 15.0. The molecule has 1 fully saturated rings. The lowest BCUT2D eigenvalue weighted by Gasteiger charge is -2.21. The van der Waals surface area contributed by atoms with Crippen LogP contribution in [0.15, 0.2) is 48.5 Å².